The number of ether oxygens (including phenoxy) is 2. The first-order valence-electron chi connectivity index (χ1n) is 11.8. The lowest BCUT2D eigenvalue weighted by Crippen LogP contribution is -2.17. The largest absolute Gasteiger partial charge is 0.454 e. The quantitative estimate of drug-likeness (QED) is 0.543. The third-order valence-corrected chi connectivity index (χ3v) is 7.78. The van der Waals surface area contributed by atoms with Crippen LogP contribution in [0.2, 0.25) is 0 Å². The Morgan fingerprint density at radius 1 is 1.12 bits per heavy atom. The van der Waals surface area contributed by atoms with Gasteiger partial charge in [-0.25, -0.2) is 13.6 Å². The van der Waals surface area contributed by atoms with Gasteiger partial charge in [0.15, 0.2) is 11.5 Å². The number of primary sulfonamides is 1. The lowest BCUT2D eigenvalue weighted by Gasteiger charge is -2.19. The number of Topliss-reactive ketones (excluding diaryl/α,β-unsaturated/α-hetero) is 1. The number of carbonyl (C=O) groups excluding carboxylic acids is 1. The lowest BCUT2D eigenvalue weighted by atomic mass is 9.87. The number of rotatable bonds is 10. The van der Waals surface area contributed by atoms with Crippen LogP contribution in [0.25, 0.3) is 0 Å². The topological polar surface area (TPSA) is 95.7 Å². The molecule has 0 saturated heterocycles. The van der Waals surface area contributed by atoms with Crippen LogP contribution in [0.15, 0.2) is 42.5 Å². The fourth-order valence-electron chi connectivity index (χ4n) is 5.25. The van der Waals surface area contributed by atoms with E-state index in [2.05, 4.69) is 25.1 Å². The normalized spacial score (nSPS) is 20.7. The van der Waals surface area contributed by atoms with Crippen molar-refractivity contribution in [2.24, 2.45) is 11.1 Å². The van der Waals surface area contributed by atoms with E-state index in [9.17, 15) is 13.2 Å². The summed E-state index contributed by atoms with van der Waals surface area (Å²) >= 11 is 0. The second-order valence-corrected chi connectivity index (χ2v) is 11.3. The molecule has 178 valence electrons. The van der Waals surface area contributed by atoms with Gasteiger partial charge in [-0.1, -0.05) is 43.3 Å². The van der Waals surface area contributed by atoms with Crippen LogP contribution in [-0.4, -0.2) is 26.7 Å². The van der Waals surface area contributed by atoms with Gasteiger partial charge in [-0.15, -0.1) is 0 Å². The summed E-state index contributed by atoms with van der Waals surface area (Å²) in [5.74, 6) is 3.33. The van der Waals surface area contributed by atoms with Crippen LogP contribution in [0.3, 0.4) is 0 Å². The molecule has 33 heavy (non-hydrogen) atoms. The molecule has 7 heteroatoms. The maximum absolute atomic E-state index is 12.1. The van der Waals surface area contributed by atoms with Gasteiger partial charge >= 0.3 is 0 Å². The summed E-state index contributed by atoms with van der Waals surface area (Å²) in [6.45, 7) is 2.58. The number of para-hydroxylation sites is 1. The Balaban J connectivity index is 1.27. The minimum Gasteiger partial charge on any atom is -0.454 e. The van der Waals surface area contributed by atoms with Crippen LogP contribution in [0, 0.1) is 5.92 Å². The summed E-state index contributed by atoms with van der Waals surface area (Å²) in [6, 6.07) is 14.5. The van der Waals surface area contributed by atoms with Crippen molar-refractivity contribution >= 4 is 15.8 Å². The predicted octanol–water partition coefficient (Wildman–Crippen LogP) is 4.67. The number of fused-ring (bicyclic) bond motifs is 1. The van der Waals surface area contributed by atoms with Gasteiger partial charge in [-0.2, -0.15) is 0 Å². The average molecular weight is 472 g/mol. The molecule has 2 aromatic rings. The van der Waals surface area contributed by atoms with Crippen molar-refractivity contribution in [1.82, 2.24) is 0 Å². The van der Waals surface area contributed by atoms with Gasteiger partial charge in [0.25, 0.3) is 0 Å². The molecule has 2 aliphatic rings. The van der Waals surface area contributed by atoms with Crippen molar-refractivity contribution < 1.29 is 22.7 Å². The molecule has 0 unspecified atom stereocenters. The maximum atomic E-state index is 12.1. The summed E-state index contributed by atoms with van der Waals surface area (Å²) < 4.78 is 33.2. The van der Waals surface area contributed by atoms with Crippen LogP contribution in [0.5, 0.6) is 11.5 Å². The van der Waals surface area contributed by atoms with E-state index in [1.54, 1.807) is 0 Å². The highest BCUT2D eigenvalue weighted by molar-refractivity contribution is 7.89. The second-order valence-electron chi connectivity index (χ2n) is 9.52. The van der Waals surface area contributed by atoms with E-state index in [-0.39, 0.29) is 24.4 Å². The summed E-state index contributed by atoms with van der Waals surface area (Å²) in [7, 11) is -3.50. The van der Waals surface area contributed by atoms with Gasteiger partial charge in [-0.05, 0) is 67.1 Å². The number of hydrogen-bond acceptors (Lipinski definition) is 5. The van der Waals surface area contributed by atoms with Crippen molar-refractivity contribution in [1.29, 1.82) is 0 Å². The minimum atomic E-state index is -3.50. The summed E-state index contributed by atoms with van der Waals surface area (Å²) in [5, 5.41) is 4.99. The zero-order valence-electron chi connectivity index (χ0n) is 19.2. The highest BCUT2D eigenvalue weighted by Crippen LogP contribution is 2.45. The highest BCUT2D eigenvalue weighted by Gasteiger charge is 2.29. The predicted molar refractivity (Wildman–Crippen MR) is 128 cm³/mol. The van der Waals surface area contributed by atoms with E-state index in [4.69, 9.17) is 14.6 Å². The molecule has 1 saturated carbocycles. The SMILES string of the molecule is C[C@@H](C[C@H]1CC[C@@H](c2ccc(CC(=O)CCCS(N)(=O)=O)cc2)C1)c1cccc2c1OCO2. The van der Waals surface area contributed by atoms with E-state index in [1.165, 1.54) is 30.4 Å². The number of carbonyl (C=O) groups is 1. The van der Waals surface area contributed by atoms with Crippen LogP contribution >= 0.6 is 0 Å². The number of benzene rings is 2. The zero-order valence-corrected chi connectivity index (χ0v) is 20.0. The molecule has 2 N–H and O–H groups in total. The third-order valence-electron chi connectivity index (χ3n) is 6.92. The van der Waals surface area contributed by atoms with Crippen molar-refractivity contribution in [2.45, 2.75) is 63.7 Å². The molecule has 3 atom stereocenters. The summed E-state index contributed by atoms with van der Waals surface area (Å²) in [5.41, 5.74) is 3.56. The third kappa shape index (κ3) is 6.36. The molecule has 2 aromatic carbocycles. The highest BCUT2D eigenvalue weighted by atomic mass is 32.2. The van der Waals surface area contributed by atoms with Crippen LogP contribution < -0.4 is 14.6 Å². The Bertz CT molecular complexity index is 1080. The number of nitrogens with two attached hydrogens (primary N) is 1. The number of hydrogen-bond donors (Lipinski definition) is 1. The molecule has 6 nitrogen and oxygen atoms in total. The van der Waals surface area contributed by atoms with Crippen molar-refractivity contribution in [3.05, 3.63) is 59.2 Å². The Morgan fingerprint density at radius 3 is 2.67 bits per heavy atom. The number of sulfonamides is 1. The molecule has 1 fully saturated rings. The monoisotopic (exact) mass is 471 g/mol. The van der Waals surface area contributed by atoms with E-state index < -0.39 is 10.0 Å². The molecule has 1 heterocycles. The Kier molecular flexibility index (Phi) is 7.39. The van der Waals surface area contributed by atoms with Gasteiger partial charge in [0.05, 0.1) is 5.75 Å². The molecule has 0 aromatic heterocycles. The van der Waals surface area contributed by atoms with Gasteiger partial charge in [0.2, 0.25) is 16.8 Å². The van der Waals surface area contributed by atoms with Crippen molar-refractivity contribution in [3.8, 4) is 11.5 Å². The molecule has 0 radical (unpaired) electrons. The van der Waals surface area contributed by atoms with Crippen LogP contribution in [0.4, 0.5) is 0 Å². The minimum absolute atomic E-state index is 0.0445. The molecule has 1 aliphatic carbocycles. The van der Waals surface area contributed by atoms with Crippen LogP contribution in [0.1, 0.15) is 74.0 Å². The van der Waals surface area contributed by atoms with E-state index >= 15 is 0 Å². The molecule has 0 bridgehead atoms. The van der Waals surface area contributed by atoms with Gasteiger partial charge in [-0.3, -0.25) is 4.79 Å². The summed E-state index contributed by atoms with van der Waals surface area (Å²) in [4.78, 5) is 12.1. The summed E-state index contributed by atoms with van der Waals surface area (Å²) in [6.07, 6.45) is 5.60. The van der Waals surface area contributed by atoms with E-state index in [1.807, 2.05) is 24.3 Å². The van der Waals surface area contributed by atoms with Crippen molar-refractivity contribution in [2.75, 3.05) is 12.5 Å². The van der Waals surface area contributed by atoms with Crippen LogP contribution in [-0.2, 0) is 21.2 Å². The first kappa shape index (κ1) is 23.8. The number of ketones is 1. The second kappa shape index (κ2) is 10.3. The Morgan fingerprint density at radius 2 is 1.91 bits per heavy atom. The maximum Gasteiger partial charge on any atom is 0.231 e. The molecule has 0 amide bonds. The molecule has 0 spiro atoms. The van der Waals surface area contributed by atoms with E-state index in [0.29, 0.717) is 31.0 Å². The Hall–Kier alpha value is -2.38. The van der Waals surface area contributed by atoms with Gasteiger partial charge in [0, 0.05) is 18.4 Å². The van der Waals surface area contributed by atoms with Crippen molar-refractivity contribution in [3.63, 3.8) is 0 Å². The smallest absolute Gasteiger partial charge is 0.231 e. The molecule has 1 aliphatic heterocycles. The van der Waals surface area contributed by atoms with E-state index in [0.717, 1.165) is 23.5 Å². The Labute approximate surface area is 196 Å². The molecular weight excluding hydrogens is 438 g/mol. The van der Waals surface area contributed by atoms with Gasteiger partial charge < -0.3 is 9.47 Å². The lowest BCUT2D eigenvalue weighted by molar-refractivity contribution is -0.118. The first-order valence-corrected chi connectivity index (χ1v) is 13.5. The first-order chi connectivity index (χ1) is 15.8. The van der Waals surface area contributed by atoms with Gasteiger partial charge in [0.1, 0.15) is 5.78 Å². The fourth-order valence-corrected chi connectivity index (χ4v) is 5.80. The fraction of sp³-hybridized carbons (Fsp3) is 0.500. The standard InChI is InChI=1S/C26H33NO5S/c1-18(24-5-2-6-25-26(24)32-17-31-25)14-20-9-12-22(15-20)21-10-7-19(8-11-21)16-23(28)4-3-13-33(27,29)30/h2,5-8,10-11,18,20,22H,3-4,9,12-17H2,1H3,(H2,27,29,30)/t18-,20+,22+/m0/s1. The molecule has 4 rings (SSSR count). The molecular formula is C26H33NO5S. The zero-order chi connectivity index (χ0) is 23.4. The average Bonchev–Trinajstić information content (AvgIpc) is 3.42.